The summed E-state index contributed by atoms with van der Waals surface area (Å²) in [5.41, 5.74) is 1.67. The first kappa shape index (κ1) is 22.5. The summed E-state index contributed by atoms with van der Waals surface area (Å²) in [6, 6.07) is 19.8. The molecule has 2 aromatic carbocycles. The molecule has 174 valence electrons. The monoisotopic (exact) mass is 493 g/mol. The second-order valence-corrected chi connectivity index (χ2v) is 11.1. The molecule has 1 aliphatic carbocycles. The lowest BCUT2D eigenvalue weighted by atomic mass is 9.89. The fourth-order valence-corrected chi connectivity index (χ4v) is 6.39. The highest BCUT2D eigenvalue weighted by Crippen LogP contribution is 2.29. The number of fused-ring (bicyclic) bond motifs is 1. The minimum atomic E-state index is -4.00. The van der Waals surface area contributed by atoms with E-state index in [4.69, 9.17) is 0 Å². The van der Waals surface area contributed by atoms with Gasteiger partial charge in [0.2, 0.25) is 11.6 Å². The van der Waals surface area contributed by atoms with Crippen molar-refractivity contribution in [2.45, 2.75) is 10.8 Å². The van der Waals surface area contributed by atoms with Crippen LogP contribution in [0, 0.1) is 0 Å². The summed E-state index contributed by atoms with van der Waals surface area (Å²) < 4.78 is 28.5. The van der Waals surface area contributed by atoms with Gasteiger partial charge in [0.25, 0.3) is 10.0 Å². The van der Waals surface area contributed by atoms with E-state index in [1.807, 2.05) is 23.1 Å². The molecule has 0 spiro atoms. The van der Waals surface area contributed by atoms with Crippen molar-refractivity contribution >= 4 is 32.9 Å². The summed E-state index contributed by atoms with van der Waals surface area (Å²) in [6.45, 7) is 3.18. The topological polar surface area (TPSA) is 86.8 Å². The first-order valence-corrected chi connectivity index (χ1v) is 13.3. The molecule has 34 heavy (non-hydrogen) atoms. The minimum Gasteiger partial charge on any atom is -0.364 e. The number of thiophene rings is 1. The van der Waals surface area contributed by atoms with Gasteiger partial charge in [0.1, 0.15) is 15.6 Å². The minimum absolute atomic E-state index is 0.0890. The molecule has 1 aliphatic heterocycles. The van der Waals surface area contributed by atoms with E-state index in [2.05, 4.69) is 21.8 Å². The molecule has 0 radical (unpaired) electrons. The molecule has 2 heterocycles. The van der Waals surface area contributed by atoms with E-state index < -0.39 is 15.8 Å². The van der Waals surface area contributed by atoms with Gasteiger partial charge >= 0.3 is 0 Å². The van der Waals surface area contributed by atoms with Crippen LogP contribution >= 0.6 is 11.3 Å². The Balaban J connectivity index is 1.46. The fraction of sp³-hybridized carbons (Fsp3) is 0.200. The van der Waals surface area contributed by atoms with Crippen molar-refractivity contribution in [2.24, 2.45) is 0 Å². The summed E-state index contributed by atoms with van der Waals surface area (Å²) in [7, 11) is -4.00. The predicted molar refractivity (Wildman–Crippen MR) is 130 cm³/mol. The molecule has 0 atom stereocenters. The van der Waals surface area contributed by atoms with Crippen LogP contribution in [0.2, 0.25) is 0 Å². The Bertz CT molecular complexity index is 1360. The summed E-state index contributed by atoms with van der Waals surface area (Å²) in [5, 5.41) is 1.65. The number of allylic oxidation sites excluding steroid dienone is 2. The zero-order valence-electron chi connectivity index (χ0n) is 18.3. The zero-order chi connectivity index (χ0) is 23.7. The maximum Gasteiger partial charge on any atom is 0.271 e. The number of sulfonamides is 1. The first-order valence-electron chi connectivity index (χ1n) is 10.9. The number of nitrogens with zero attached hydrogens (tertiary/aromatic N) is 2. The van der Waals surface area contributed by atoms with Crippen LogP contribution in [-0.2, 0) is 16.6 Å². The molecule has 1 N–H and O–H groups in total. The van der Waals surface area contributed by atoms with Gasteiger partial charge in [0, 0.05) is 43.9 Å². The third-order valence-corrected chi connectivity index (χ3v) is 8.78. The Hall–Kier alpha value is -3.27. The van der Waals surface area contributed by atoms with Gasteiger partial charge in [-0.3, -0.25) is 19.2 Å². The van der Waals surface area contributed by atoms with Gasteiger partial charge < -0.3 is 4.90 Å². The highest BCUT2D eigenvalue weighted by molar-refractivity contribution is 7.91. The van der Waals surface area contributed by atoms with E-state index in [1.165, 1.54) is 11.6 Å². The average Bonchev–Trinajstić information content (AvgIpc) is 3.40. The van der Waals surface area contributed by atoms with Crippen molar-refractivity contribution in [3.05, 3.63) is 100 Å². The molecule has 0 saturated carbocycles. The van der Waals surface area contributed by atoms with Crippen LogP contribution < -0.4 is 4.72 Å². The number of nitrogens with one attached hydrogen (secondary N) is 1. The molecule has 0 bridgehead atoms. The van der Waals surface area contributed by atoms with Crippen LogP contribution in [0.3, 0.4) is 0 Å². The van der Waals surface area contributed by atoms with Crippen LogP contribution in [-0.4, -0.2) is 56.0 Å². The van der Waals surface area contributed by atoms with E-state index in [-0.39, 0.29) is 26.9 Å². The van der Waals surface area contributed by atoms with Crippen molar-refractivity contribution in [1.29, 1.82) is 0 Å². The lowest BCUT2D eigenvalue weighted by Gasteiger charge is -2.38. The predicted octanol–water partition coefficient (Wildman–Crippen LogP) is 3.14. The molecule has 0 unspecified atom stereocenters. The number of benzene rings is 2. The summed E-state index contributed by atoms with van der Waals surface area (Å²) >= 11 is 1.05. The van der Waals surface area contributed by atoms with E-state index in [0.29, 0.717) is 31.7 Å². The Labute approximate surface area is 202 Å². The molecular formula is C25H23N3O4S2. The molecule has 0 amide bonds. The first-order chi connectivity index (χ1) is 16.4. The van der Waals surface area contributed by atoms with Crippen LogP contribution in [0.25, 0.3) is 0 Å². The van der Waals surface area contributed by atoms with Crippen LogP contribution in [0.1, 0.15) is 26.3 Å². The molecule has 3 aromatic rings. The Kier molecular flexibility index (Phi) is 6.07. The molecule has 9 heteroatoms. The third-order valence-electron chi connectivity index (χ3n) is 6.03. The van der Waals surface area contributed by atoms with Gasteiger partial charge in [-0.05, 0) is 17.0 Å². The zero-order valence-corrected chi connectivity index (χ0v) is 19.9. The molecular weight excluding hydrogens is 470 g/mol. The molecule has 1 fully saturated rings. The quantitative estimate of drug-likeness (QED) is 0.568. The number of Topliss-reactive ketones (excluding diaryl/α,β-unsaturated/α-hetero) is 2. The number of rotatable bonds is 6. The highest BCUT2D eigenvalue weighted by Gasteiger charge is 2.38. The van der Waals surface area contributed by atoms with Gasteiger partial charge in [-0.15, -0.1) is 11.3 Å². The second kappa shape index (κ2) is 9.17. The summed E-state index contributed by atoms with van der Waals surface area (Å²) in [5.74, 6) is -0.826. The van der Waals surface area contributed by atoms with Gasteiger partial charge in [-0.1, -0.05) is 60.7 Å². The van der Waals surface area contributed by atoms with E-state index in [1.54, 1.807) is 35.7 Å². The van der Waals surface area contributed by atoms with Crippen molar-refractivity contribution in [3.63, 3.8) is 0 Å². The lowest BCUT2D eigenvalue weighted by Crippen LogP contribution is -2.49. The average molecular weight is 494 g/mol. The van der Waals surface area contributed by atoms with Gasteiger partial charge in [0.15, 0.2) is 0 Å². The van der Waals surface area contributed by atoms with Crippen molar-refractivity contribution in [1.82, 2.24) is 14.5 Å². The number of hydrogen-bond acceptors (Lipinski definition) is 7. The molecule has 1 aromatic heterocycles. The summed E-state index contributed by atoms with van der Waals surface area (Å²) in [6.07, 6.45) is 0. The number of carbonyl (C=O) groups excluding carboxylic acids is 2. The maximum atomic E-state index is 13.5. The molecule has 7 nitrogen and oxygen atoms in total. The third kappa shape index (κ3) is 4.29. The SMILES string of the molecule is O=C1C(NS(=O)(=O)c2cccs2)=C(N2CCN(Cc3ccccc3)CC2)C(=O)c2ccccc21. The van der Waals surface area contributed by atoms with E-state index in [9.17, 15) is 18.0 Å². The number of piperazine rings is 1. The van der Waals surface area contributed by atoms with Crippen molar-refractivity contribution in [2.75, 3.05) is 26.2 Å². The van der Waals surface area contributed by atoms with Crippen molar-refractivity contribution in [3.8, 4) is 0 Å². The largest absolute Gasteiger partial charge is 0.364 e. The normalized spacial score (nSPS) is 17.1. The molecule has 1 saturated heterocycles. The van der Waals surface area contributed by atoms with Crippen LogP contribution in [0.4, 0.5) is 0 Å². The smallest absolute Gasteiger partial charge is 0.271 e. The van der Waals surface area contributed by atoms with Gasteiger partial charge in [0.05, 0.1) is 0 Å². The molecule has 2 aliphatic rings. The molecule has 5 rings (SSSR count). The van der Waals surface area contributed by atoms with Gasteiger partial charge in [-0.25, -0.2) is 8.42 Å². The second-order valence-electron chi connectivity index (χ2n) is 8.21. The van der Waals surface area contributed by atoms with Crippen LogP contribution in [0.5, 0.6) is 0 Å². The summed E-state index contributed by atoms with van der Waals surface area (Å²) in [4.78, 5) is 31.0. The Morgan fingerprint density at radius 1 is 0.794 bits per heavy atom. The van der Waals surface area contributed by atoms with Crippen LogP contribution in [0.15, 0.2) is 87.7 Å². The van der Waals surface area contributed by atoms with Gasteiger partial charge in [-0.2, -0.15) is 0 Å². The number of carbonyl (C=O) groups is 2. The lowest BCUT2D eigenvalue weighted by molar-refractivity contribution is 0.0897. The Morgan fingerprint density at radius 3 is 2.09 bits per heavy atom. The Morgan fingerprint density at radius 2 is 1.44 bits per heavy atom. The van der Waals surface area contributed by atoms with Crippen molar-refractivity contribution < 1.29 is 18.0 Å². The van der Waals surface area contributed by atoms with E-state index >= 15 is 0 Å². The number of ketones is 2. The fourth-order valence-electron chi connectivity index (χ4n) is 4.33. The maximum absolute atomic E-state index is 13.5. The van der Waals surface area contributed by atoms with E-state index in [0.717, 1.165) is 17.9 Å². The number of hydrogen-bond donors (Lipinski definition) is 1. The highest BCUT2D eigenvalue weighted by atomic mass is 32.2. The standard InChI is InChI=1S/C25H23N3O4S2/c29-24-19-9-4-5-10-20(19)25(30)23(22(24)26-34(31,32)21-11-6-16-33-21)28-14-12-27(13-15-28)17-18-7-2-1-3-8-18/h1-11,16,26H,12-15,17H2.